The van der Waals surface area contributed by atoms with Crippen LogP contribution in [0.25, 0.3) is 5.57 Å². The summed E-state index contributed by atoms with van der Waals surface area (Å²) in [6.45, 7) is 0. The van der Waals surface area contributed by atoms with Crippen LogP contribution in [0.5, 0.6) is 0 Å². The second-order valence-electron chi connectivity index (χ2n) is 4.79. The van der Waals surface area contributed by atoms with Crippen molar-refractivity contribution in [2.24, 2.45) is 4.99 Å². The zero-order valence-corrected chi connectivity index (χ0v) is 11.7. The Morgan fingerprint density at radius 3 is 2.08 bits per heavy atom. The van der Waals surface area contributed by atoms with Crippen LogP contribution in [0.2, 0.25) is 0 Å². The summed E-state index contributed by atoms with van der Waals surface area (Å²) in [6.07, 6.45) is 4.52. The lowest BCUT2D eigenvalue weighted by Crippen LogP contribution is -2.08. The molecule has 1 aromatic carbocycles. The van der Waals surface area contributed by atoms with E-state index in [1.165, 1.54) is 30.5 Å². The predicted octanol–water partition coefficient (Wildman–Crippen LogP) is 3.92. The van der Waals surface area contributed by atoms with Crippen LogP contribution in [0.3, 0.4) is 0 Å². The number of rotatable bonds is 3. The molecule has 122 valence electrons. The highest BCUT2D eigenvalue weighted by Crippen LogP contribution is 2.35. The van der Waals surface area contributed by atoms with Gasteiger partial charge in [-0.2, -0.15) is 0 Å². The smallest absolute Gasteiger partial charge is 0.200 e. The van der Waals surface area contributed by atoms with Gasteiger partial charge >= 0.3 is 0 Å². The number of aromatic nitrogens is 1. The van der Waals surface area contributed by atoms with Crippen molar-refractivity contribution in [1.29, 1.82) is 0 Å². The molecule has 0 aliphatic carbocycles. The molecule has 0 spiro atoms. The molecular weight excluding hydrogens is 331 g/mol. The monoisotopic (exact) mass is 338 g/mol. The van der Waals surface area contributed by atoms with Gasteiger partial charge in [0.15, 0.2) is 29.6 Å². The third-order valence-corrected chi connectivity index (χ3v) is 3.37. The van der Waals surface area contributed by atoms with Crippen LogP contribution in [0.15, 0.2) is 35.0 Å². The molecule has 1 aliphatic heterocycles. The molecule has 0 radical (unpaired) electrons. The maximum Gasteiger partial charge on any atom is 0.200 e. The zero-order chi connectivity index (χ0) is 17.4. The molecule has 0 saturated carbocycles. The van der Waals surface area contributed by atoms with E-state index in [2.05, 4.69) is 9.98 Å². The summed E-state index contributed by atoms with van der Waals surface area (Å²) in [5, 5.41) is 0. The molecule has 0 bridgehead atoms. The molecule has 24 heavy (non-hydrogen) atoms. The third-order valence-electron chi connectivity index (χ3n) is 3.37. The summed E-state index contributed by atoms with van der Waals surface area (Å²) in [6, 6.07) is 2.59. The lowest BCUT2D eigenvalue weighted by molar-refractivity contribution is 0.111. The van der Waals surface area contributed by atoms with Crippen LogP contribution < -0.4 is 0 Å². The number of carbonyl (C=O) groups is 1. The van der Waals surface area contributed by atoms with Gasteiger partial charge in [0.1, 0.15) is 0 Å². The van der Waals surface area contributed by atoms with Gasteiger partial charge in [-0.1, -0.05) is 0 Å². The number of carbonyl (C=O) groups excluding carboxylic acids is 1. The van der Waals surface area contributed by atoms with Crippen molar-refractivity contribution < 1.29 is 26.7 Å². The van der Waals surface area contributed by atoms with Crippen molar-refractivity contribution >= 4 is 18.1 Å². The van der Waals surface area contributed by atoms with E-state index in [1.54, 1.807) is 0 Å². The van der Waals surface area contributed by atoms with Gasteiger partial charge < -0.3 is 4.98 Å². The SMILES string of the molecule is O=Cc1ccc(/C(=C2/C=CC=N2)c2c(F)c(F)c(F)c(F)c2F)[nH]1. The van der Waals surface area contributed by atoms with E-state index in [0.29, 0.717) is 6.29 Å². The Kier molecular flexibility index (Phi) is 3.88. The van der Waals surface area contributed by atoms with Crippen LogP contribution in [-0.4, -0.2) is 17.5 Å². The second kappa shape index (κ2) is 5.88. The molecule has 3 rings (SSSR count). The topological polar surface area (TPSA) is 45.2 Å². The molecule has 2 heterocycles. The van der Waals surface area contributed by atoms with E-state index < -0.39 is 34.6 Å². The molecule has 0 saturated heterocycles. The number of aromatic amines is 1. The van der Waals surface area contributed by atoms with Gasteiger partial charge in [0.25, 0.3) is 0 Å². The van der Waals surface area contributed by atoms with E-state index in [0.717, 1.165) is 0 Å². The molecule has 2 aromatic rings. The van der Waals surface area contributed by atoms with Crippen LogP contribution >= 0.6 is 0 Å². The lowest BCUT2D eigenvalue weighted by Gasteiger charge is -2.12. The van der Waals surface area contributed by atoms with E-state index >= 15 is 0 Å². The minimum atomic E-state index is -2.25. The van der Waals surface area contributed by atoms with E-state index in [1.807, 2.05) is 0 Å². The molecular formula is C16H7F5N2O. The first-order chi connectivity index (χ1) is 11.5. The number of benzene rings is 1. The Hall–Kier alpha value is -3.03. The quantitative estimate of drug-likeness (QED) is 0.392. The number of H-pyrrole nitrogens is 1. The summed E-state index contributed by atoms with van der Waals surface area (Å²) in [5.74, 6) is -10.3. The fraction of sp³-hybridized carbons (Fsp3) is 0. The first-order valence-corrected chi connectivity index (χ1v) is 6.57. The zero-order valence-electron chi connectivity index (χ0n) is 11.7. The number of hydrogen-bond donors (Lipinski definition) is 1. The molecule has 3 nitrogen and oxygen atoms in total. The van der Waals surface area contributed by atoms with Crippen molar-refractivity contribution in [3.05, 3.63) is 76.0 Å². The highest BCUT2D eigenvalue weighted by atomic mass is 19.2. The molecule has 0 amide bonds. The van der Waals surface area contributed by atoms with Crippen molar-refractivity contribution in [2.45, 2.75) is 0 Å². The van der Waals surface area contributed by atoms with Crippen LogP contribution in [0.1, 0.15) is 21.7 Å². The predicted molar refractivity (Wildman–Crippen MR) is 76.1 cm³/mol. The second-order valence-corrected chi connectivity index (χ2v) is 4.79. The van der Waals surface area contributed by atoms with Crippen LogP contribution in [0.4, 0.5) is 22.0 Å². The Balaban J connectivity index is 2.38. The molecule has 0 fully saturated rings. The minimum absolute atomic E-state index is 0.0148. The summed E-state index contributed by atoms with van der Waals surface area (Å²) < 4.78 is 68.7. The maximum atomic E-state index is 14.2. The van der Waals surface area contributed by atoms with Gasteiger partial charge in [0, 0.05) is 17.5 Å². The fourth-order valence-corrected chi connectivity index (χ4v) is 2.30. The van der Waals surface area contributed by atoms with E-state index in [4.69, 9.17) is 0 Å². The number of hydrogen-bond acceptors (Lipinski definition) is 2. The highest BCUT2D eigenvalue weighted by molar-refractivity contribution is 5.89. The molecule has 1 aliphatic rings. The van der Waals surface area contributed by atoms with Gasteiger partial charge in [-0.25, -0.2) is 22.0 Å². The summed E-state index contributed by atoms with van der Waals surface area (Å²) in [5.41, 5.74) is -1.43. The Bertz CT molecular complexity index is 897. The first kappa shape index (κ1) is 15.9. The number of nitrogens with one attached hydrogen (secondary N) is 1. The lowest BCUT2D eigenvalue weighted by atomic mass is 9.98. The molecule has 0 unspecified atom stereocenters. The third kappa shape index (κ3) is 2.36. The van der Waals surface area contributed by atoms with Crippen LogP contribution in [-0.2, 0) is 0 Å². The van der Waals surface area contributed by atoms with Crippen molar-refractivity contribution in [2.75, 3.05) is 0 Å². The molecule has 0 atom stereocenters. The Morgan fingerprint density at radius 1 is 0.958 bits per heavy atom. The maximum absolute atomic E-state index is 14.2. The summed E-state index contributed by atoms with van der Waals surface area (Å²) in [4.78, 5) is 17.2. The van der Waals surface area contributed by atoms with Gasteiger partial charge in [-0.05, 0) is 24.3 Å². The van der Waals surface area contributed by atoms with E-state index in [-0.39, 0.29) is 22.7 Å². The van der Waals surface area contributed by atoms with Gasteiger partial charge in [0.2, 0.25) is 5.82 Å². The summed E-state index contributed by atoms with van der Waals surface area (Å²) >= 11 is 0. The van der Waals surface area contributed by atoms with Gasteiger partial charge in [-0.15, -0.1) is 0 Å². The number of aldehydes is 1. The van der Waals surface area contributed by atoms with Gasteiger partial charge in [0.05, 0.1) is 17.0 Å². The Labute approximate surface area is 131 Å². The average molecular weight is 338 g/mol. The highest BCUT2D eigenvalue weighted by Gasteiger charge is 2.30. The fourth-order valence-electron chi connectivity index (χ4n) is 2.30. The average Bonchev–Trinajstić information content (AvgIpc) is 3.26. The number of allylic oxidation sites excluding steroid dienone is 2. The number of halogens is 5. The normalized spacial score (nSPS) is 15.2. The van der Waals surface area contributed by atoms with Crippen molar-refractivity contribution in [1.82, 2.24) is 4.98 Å². The van der Waals surface area contributed by atoms with Gasteiger partial charge in [-0.3, -0.25) is 9.79 Å². The molecule has 8 heteroatoms. The molecule has 1 N–H and O–H groups in total. The standard InChI is InChI=1S/C16H7F5N2O/c17-12-11(13(18)15(20)16(21)14(12)19)10(8-2-1-5-22-8)9-4-3-7(6-24)23-9/h1-6,23H/b10-8+. The van der Waals surface area contributed by atoms with Crippen molar-refractivity contribution in [3.63, 3.8) is 0 Å². The summed E-state index contributed by atoms with van der Waals surface area (Å²) in [7, 11) is 0. The van der Waals surface area contributed by atoms with E-state index in [9.17, 15) is 26.7 Å². The largest absolute Gasteiger partial charge is 0.352 e. The number of aliphatic imine (C=N–C) groups is 1. The Morgan fingerprint density at radius 2 is 1.58 bits per heavy atom. The number of nitrogens with zero attached hydrogens (tertiary/aromatic N) is 1. The molecule has 1 aromatic heterocycles. The minimum Gasteiger partial charge on any atom is -0.352 e. The first-order valence-electron chi connectivity index (χ1n) is 6.57. The van der Waals surface area contributed by atoms with Crippen molar-refractivity contribution in [3.8, 4) is 0 Å². The van der Waals surface area contributed by atoms with Crippen LogP contribution in [0, 0.1) is 29.1 Å².